The SMILES string of the molecule is COc1cc(/C=C/C(=O)Nc2ccccc2)ccc1OCCCCCCCCCCN1CCCCC1. The van der Waals surface area contributed by atoms with E-state index >= 15 is 0 Å². The van der Waals surface area contributed by atoms with Gasteiger partial charge in [-0.05, 0) is 81.2 Å². The molecule has 5 heteroatoms. The largest absolute Gasteiger partial charge is 0.493 e. The van der Waals surface area contributed by atoms with E-state index in [0.29, 0.717) is 12.4 Å². The number of amides is 1. The minimum Gasteiger partial charge on any atom is -0.493 e. The molecule has 0 saturated carbocycles. The van der Waals surface area contributed by atoms with E-state index in [-0.39, 0.29) is 5.91 Å². The van der Waals surface area contributed by atoms with Gasteiger partial charge < -0.3 is 19.7 Å². The number of ether oxygens (including phenoxy) is 2. The van der Waals surface area contributed by atoms with Crippen molar-refractivity contribution in [2.45, 2.75) is 70.6 Å². The molecule has 5 nitrogen and oxygen atoms in total. The highest BCUT2D eigenvalue weighted by atomic mass is 16.5. The summed E-state index contributed by atoms with van der Waals surface area (Å²) in [5, 5.41) is 2.84. The van der Waals surface area contributed by atoms with Crippen LogP contribution in [0.1, 0.15) is 76.2 Å². The van der Waals surface area contributed by atoms with Crippen LogP contribution in [0.25, 0.3) is 6.08 Å². The molecule has 1 aliphatic rings. The molecule has 36 heavy (non-hydrogen) atoms. The zero-order valence-corrected chi connectivity index (χ0v) is 22.1. The summed E-state index contributed by atoms with van der Waals surface area (Å²) >= 11 is 0. The normalized spacial score (nSPS) is 14.1. The van der Waals surface area contributed by atoms with Crippen molar-refractivity contribution in [3.63, 3.8) is 0 Å². The van der Waals surface area contributed by atoms with Crippen LogP contribution in [-0.2, 0) is 4.79 Å². The number of nitrogens with zero attached hydrogens (tertiary/aromatic N) is 1. The van der Waals surface area contributed by atoms with Crippen molar-refractivity contribution in [3.8, 4) is 11.5 Å². The van der Waals surface area contributed by atoms with Gasteiger partial charge in [0.25, 0.3) is 0 Å². The van der Waals surface area contributed by atoms with Gasteiger partial charge in [0, 0.05) is 11.8 Å². The number of likely N-dealkylation sites (tertiary alicyclic amines) is 1. The molecule has 0 atom stereocenters. The average molecular weight is 493 g/mol. The van der Waals surface area contributed by atoms with Crippen LogP contribution in [0, 0.1) is 0 Å². The number of para-hydroxylation sites is 1. The monoisotopic (exact) mass is 492 g/mol. The molecule has 3 rings (SSSR count). The third kappa shape index (κ3) is 10.9. The summed E-state index contributed by atoms with van der Waals surface area (Å²) in [5.41, 5.74) is 1.66. The number of benzene rings is 2. The van der Waals surface area contributed by atoms with Crippen molar-refractivity contribution in [2.75, 3.05) is 38.7 Å². The van der Waals surface area contributed by atoms with Gasteiger partial charge in [-0.3, -0.25) is 4.79 Å². The number of nitrogens with one attached hydrogen (secondary N) is 1. The van der Waals surface area contributed by atoms with Crippen LogP contribution in [0.4, 0.5) is 5.69 Å². The Morgan fingerprint density at radius 2 is 1.56 bits per heavy atom. The number of carbonyl (C=O) groups is 1. The summed E-state index contributed by atoms with van der Waals surface area (Å²) in [6.45, 7) is 4.65. The van der Waals surface area contributed by atoms with E-state index in [1.165, 1.54) is 89.9 Å². The molecule has 1 N–H and O–H groups in total. The second-order valence-electron chi connectivity index (χ2n) is 9.68. The fourth-order valence-electron chi connectivity index (χ4n) is 4.65. The molecule has 0 spiro atoms. The molecule has 0 aliphatic carbocycles. The predicted octanol–water partition coefficient (Wildman–Crippen LogP) is 7.33. The zero-order valence-electron chi connectivity index (χ0n) is 22.1. The maximum absolute atomic E-state index is 12.1. The molecule has 1 heterocycles. The van der Waals surface area contributed by atoms with Crippen LogP contribution < -0.4 is 14.8 Å². The Labute approximate surface area is 217 Å². The van der Waals surface area contributed by atoms with Gasteiger partial charge in [0.2, 0.25) is 5.91 Å². The molecular weight excluding hydrogens is 448 g/mol. The first-order valence-electron chi connectivity index (χ1n) is 13.8. The molecule has 196 valence electrons. The number of rotatable bonds is 16. The quantitative estimate of drug-likeness (QED) is 0.197. The first-order valence-corrected chi connectivity index (χ1v) is 13.8. The number of carbonyl (C=O) groups excluding carboxylic acids is 1. The number of unbranched alkanes of at least 4 members (excludes halogenated alkanes) is 7. The van der Waals surface area contributed by atoms with Crippen molar-refractivity contribution >= 4 is 17.7 Å². The molecule has 0 radical (unpaired) electrons. The predicted molar refractivity (Wildman–Crippen MR) is 150 cm³/mol. The van der Waals surface area contributed by atoms with Crippen molar-refractivity contribution in [1.82, 2.24) is 4.90 Å². The first kappa shape index (κ1) is 27.8. The minimum atomic E-state index is -0.169. The molecule has 1 saturated heterocycles. The standard InChI is InChI=1S/C31H44N2O3/c1-35-30-26-27(19-21-31(34)32-28-16-10-8-11-17-28)18-20-29(30)36-25-15-7-5-3-2-4-6-12-22-33-23-13-9-14-24-33/h8,10-11,16-21,26H,2-7,9,12-15,22-25H2,1H3,(H,32,34)/b21-19+. The van der Waals surface area contributed by atoms with E-state index in [2.05, 4.69) is 10.2 Å². The zero-order chi connectivity index (χ0) is 25.3. The lowest BCUT2D eigenvalue weighted by molar-refractivity contribution is -0.111. The topological polar surface area (TPSA) is 50.8 Å². The lowest BCUT2D eigenvalue weighted by Crippen LogP contribution is -2.30. The van der Waals surface area contributed by atoms with Gasteiger partial charge in [0.15, 0.2) is 11.5 Å². The summed E-state index contributed by atoms with van der Waals surface area (Å²) in [6, 6.07) is 15.2. The van der Waals surface area contributed by atoms with Crippen molar-refractivity contribution in [2.24, 2.45) is 0 Å². The van der Waals surface area contributed by atoms with Gasteiger partial charge in [-0.2, -0.15) is 0 Å². The van der Waals surface area contributed by atoms with E-state index in [1.54, 1.807) is 13.2 Å². The Hall–Kier alpha value is -2.79. The molecule has 0 bridgehead atoms. The fraction of sp³-hybridized carbons (Fsp3) is 0.516. The maximum atomic E-state index is 12.1. The smallest absolute Gasteiger partial charge is 0.248 e. The summed E-state index contributed by atoms with van der Waals surface area (Å²) in [7, 11) is 1.64. The Kier molecular flexibility index (Phi) is 13.0. The molecule has 2 aromatic rings. The summed E-state index contributed by atoms with van der Waals surface area (Å²) in [6.07, 6.45) is 17.9. The Morgan fingerprint density at radius 1 is 0.861 bits per heavy atom. The van der Waals surface area contributed by atoms with Crippen LogP contribution in [0.3, 0.4) is 0 Å². The number of methoxy groups -OCH3 is 1. The van der Waals surface area contributed by atoms with Gasteiger partial charge in [-0.25, -0.2) is 0 Å². The molecule has 1 aliphatic heterocycles. The van der Waals surface area contributed by atoms with Gasteiger partial charge in [0.05, 0.1) is 13.7 Å². The number of piperidine rings is 1. The summed E-state index contributed by atoms with van der Waals surface area (Å²) < 4.78 is 11.5. The van der Waals surface area contributed by atoms with Crippen LogP contribution in [0.5, 0.6) is 11.5 Å². The lowest BCUT2D eigenvalue weighted by Gasteiger charge is -2.26. The summed E-state index contributed by atoms with van der Waals surface area (Å²) in [4.78, 5) is 14.8. The number of anilines is 1. The van der Waals surface area contributed by atoms with E-state index < -0.39 is 0 Å². The fourth-order valence-corrected chi connectivity index (χ4v) is 4.65. The van der Waals surface area contributed by atoms with E-state index in [9.17, 15) is 4.79 Å². The highest BCUT2D eigenvalue weighted by molar-refractivity contribution is 6.01. The minimum absolute atomic E-state index is 0.169. The molecule has 0 unspecified atom stereocenters. The first-order chi connectivity index (χ1) is 17.7. The van der Waals surface area contributed by atoms with Gasteiger partial charge >= 0.3 is 0 Å². The van der Waals surface area contributed by atoms with E-state index in [4.69, 9.17) is 9.47 Å². The van der Waals surface area contributed by atoms with Gasteiger partial charge in [-0.1, -0.05) is 69.2 Å². The molecular formula is C31H44N2O3. The van der Waals surface area contributed by atoms with Crippen LogP contribution >= 0.6 is 0 Å². The molecule has 2 aromatic carbocycles. The van der Waals surface area contributed by atoms with Gasteiger partial charge in [0.1, 0.15) is 0 Å². The maximum Gasteiger partial charge on any atom is 0.248 e. The number of hydrogen-bond donors (Lipinski definition) is 1. The van der Waals surface area contributed by atoms with Crippen LogP contribution in [-0.4, -0.2) is 44.2 Å². The van der Waals surface area contributed by atoms with E-state index in [1.807, 2.05) is 48.5 Å². The Balaban J connectivity index is 1.25. The number of hydrogen-bond acceptors (Lipinski definition) is 4. The van der Waals surface area contributed by atoms with Crippen LogP contribution in [0.2, 0.25) is 0 Å². The molecule has 1 fully saturated rings. The third-order valence-corrected chi connectivity index (χ3v) is 6.73. The van der Waals surface area contributed by atoms with Gasteiger partial charge in [-0.15, -0.1) is 0 Å². The second-order valence-corrected chi connectivity index (χ2v) is 9.68. The Morgan fingerprint density at radius 3 is 2.28 bits per heavy atom. The van der Waals surface area contributed by atoms with Crippen molar-refractivity contribution in [3.05, 3.63) is 60.2 Å². The molecule has 0 aromatic heterocycles. The Bertz CT molecular complexity index is 907. The second kappa shape index (κ2) is 16.8. The summed E-state index contributed by atoms with van der Waals surface area (Å²) in [5.74, 6) is 1.26. The van der Waals surface area contributed by atoms with Crippen molar-refractivity contribution in [1.29, 1.82) is 0 Å². The molecule has 1 amide bonds. The highest BCUT2D eigenvalue weighted by Crippen LogP contribution is 2.29. The highest BCUT2D eigenvalue weighted by Gasteiger charge is 2.09. The average Bonchev–Trinajstić information content (AvgIpc) is 2.92. The third-order valence-electron chi connectivity index (χ3n) is 6.73. The van der Waals surface area contributed by atoms with Crippen molar-refractivity contribution < 1.29 is 14.3 Å². The lowest BCUT2D eigenvalue weighted by atomic mass is 10.1. The van der Waals surface area contributed by atoms with Crippen LogP contribution in [0.15, 0.2) is 54.6 Å². The van der Waals surface area contributed by atoms with E-state index in [0.717, 1.165) is 23.4 Å².